The van der Waals surface area contributed by atoms with Gasteiger partial charge in [0.05, 0.1) is 12.2 Å². The Labute approximate surface area is 102 Å². The largest absolute Gasteiger partial charge is 0.311 e. The molecule has 0 unspecified atom stereocenters. The van der Waals surface area contributed by atoms with Crippen LogP contribution in [0, 0.1) is 0 Å². The van der Waals surface area contributed by atoms with Gasteiger partial charge in [-0.2, -0.15) is 5.10 Å². The van der Waals surface area contributed by atoms with E-state index in [4.69, 9.17) is 0 Å². The van der Waals surface area contributed by atoms with Crippen molar-refractivity contribution < 1.29 is 0 Å². The third-order valence-electron chi connectivity index (χ3n) is 2.71. The topological polar surface area (TPSA) is 29.9 Å². The molecule has 0 amide bonds. The van der Waals surface area contributed by atoms with Crippen molar-refractivity contribution in [3.8, 4) is 0 Å². The maximum atomic E-state index is 4.37. The first-order valence-corrected chi connectivity index (χ1v) is 6.15. The molecule has 0 radical (unpaired) electrons. The second-order valence-corrected chi connectivity index (χ2v) is 4.14. The number of hydrogen-bond donors (Lipinski definition) is 1. The van der Waals surface area contributed by atoms with Gasteiger partial charge in [0.2, 0.25) is 0 Å². The second kappa shape index (κ2) is 6.21. The Morgan fingerprint density at radius 1 is 1.18 bits per heavy atom. The number of rotatable bonds is 6. The summed E-state index contributed by atoms with van der Waals surface area (Å²) in [5.74, 6) is 0. The molecule has 2 aromatic rings. The molecule has 0 saturated carbocycles. The van der Waals surface area contributed by atoms with Crippen LogP contribution in [0.5, 0.6) is 0 Å². The Morgan fingerprint density at radius 2 is 2.00 bits per heavy atom. The van der Waals surface area contributed by atoms with Crippen molar-refractivity contribution in [3.05, 3.63) is 53.9 Å². The van der Waals surface area contributed by atoms with Gasteiger partial charge in [-0.25, -0.2) is 0 Å². The van der Waals surface area contributed by atoms with Crippen LogP contribution in [0.1, 0.15) is 24.6 Å². The lowest BCUT2D eigenvalue weighted by Gasteiger charge is -2.08. The standard InChI is InChI=1S/C14H19N3/c1-2-9-15-11-14-8-10-16-17(14)12-13-6-4-3-5-7-13/h3-8,10,15H,2,9,11-12H2,1H3. The Kier molecular flexibility index (Phi) is 4.33. The van der Waals surface area contributed by atoms with E-state index in [1.165, 1.54) is 11.3 Å². The van der Waals surface area contributed by atoms with Gasteiger partial charge in [-0.05, 0) is 24.6 Å². The van der Waals surface area contributed by atoms with E-state index in [2.05, 4.69) is 52.4 Å². The highest BCUT2D eigenvalue weighted by Crippen LogP contribution is 2.05. The minimum atomic E-state index is 0.844. The van der Waals surface area contributed by atoms with E-state index >= 15 is 0 Å². The Bertz CT molecular complexity index is 434. The van der Waals surface area contributed by atoms with E-state index in [1.54, 1.807) is 0 Å². The maximum absolute atomic E-state index is 4.37. The van der Waals surface area contributed by atoms with Crippen LogP contribution in [0.25, 0.3) is 0 Å². The number of benzene rings is 1. The van der Waals surface area contributed by atoms with E-state index in [0.717, 1.165) is 26.1 Å². The van der Waals surface area contributed by atoms with Crippen molar-refractivity contribution >= 4 is 0 Å². The van der Waals surface area contributed by atoms with Gasteiger partial charge in [0.15, 0.2) is 0 Å². The summed E-state index contributed by atoms with van der Waals surface area (Å²) in [6, 6.07) is 12.5. The third-order valence-corrected chi connectivity index (χ3v) is 2.71. The highest BCUT2D eigenvalue weighted by Gasteiger charge is 2.02. The highest BCUT2D eigenvalue weighted by molar-refractivity contribution is 5.15. The van der Waals surface area contributed by atoms with E-state index < -0.39 is 0 Å². The molecule has 3 nitrogen and oxygen atoms in total. The molecule has 0 aliphatic rings. The van der Waals surface area contributed by atoms with Crippen LogP contribution >= 0.6 is 0 Å². The first kappa shape index (κ1) is 11.9. The van der Waals surface area contributed by atoms with Crippen molar-refractivity contribution in [2.75, 3.05) is 6.54 Å². The van der Waals surface area contributed by atoms with Crippen molar-refractivity contribution in [3.63, 3.8) is 0 Å². The summed E-state index contributed by atoms with van der Waals surface area (Å²) in [5, 5.41) is 7.77. The van der Waals surface area contributed by atoms with Crippen LogP contribution in [0.15, 0.2) is 42.6 Å². The first-order chi connectivity index (χ1) is 8.40. The number of hydrogen-bond acceptors (Lipinski definition) is 2. The van der Waals surface area contributed by atoms with Crippen molar-refractivity contribution in [2.24, 2.45) is 0 Å². The summed E-state index contributed by atoms with van der Waals surface area (Å²) in [6.45, 7) is 4.96. The zero-order chi connectivity index (χ0) is 11.9. The molecule has 0 aliphatic heterocycles. The van der Waals surface area contributed by atoms with E-state index in [0.29, 0.717) is 0 Å². The zero-order valence-electron chi connectivity index (χ0n) is 10.3. The fourth-order valence-electron chi connectivity index (χ4n) is 1.80. The van der Waals surface area contributed by atoms with Gasteiger partial charge in [-0.1, -0.05) is 37.3 Å². The van der Waals surface area contributed by atoms with Gasteiger partial charge in [0.25, 0.3) is 0 Å². The smallest absolute Gasteiger partial charge is 0.0663 e. The number of nitrogens with zero attached hydrogens (tertiary/aromatic N) is 2. The second-order valence-electron chi connectivity index (χ2n) is 4.14. The molecule has 1 aromatic carbocycles. The van der Waals surface area contributed by atoms with Crippen LogP contribution in [-0.4, -0.2) is 16.3 Å². The van der Waals surface area contributed by atoms with E-state index in [1.807, 2.05) is 12.3 Å². The Balaban J connectivity index is 1.99. The highest BCUT2D eigenvalue weighted by atomic mass is 15.3. The number of aromatic nitrogens is 2. The quantitative estimate of drug-likeness (QED) is 0.771. The fourth-order valence-corrected chi connectivity index (χ4v) is 1.80. The van der Waals surface area contributed by atoms with Crippen molar-refractivity contribution in [2.45, 2.75) is 26.4 Å². The van der Waals surface area contributed by atoms with Crippen molar-refractivity contribution in [1.82, 2.24) is 15.1 Å². The summed E-state index contributed by atoms with van der Waals surface area (Å²) in [6.07, 6.45) is 3.03. The molecule has 1 aromatic heterocycles. The summed E-state index contributed by atoms with van der Waals surface area (Å²) < 4.78 is 2.05. The lowest BCUT2D eigenvalue weighted by Crippen LogP contribution is -2.17. The van der Waals surface area contributed by atoms with Crippen LogP contribution in [0.2, 0.25) is 0 Å². The molecular formula is C14H19N3. The molecule has 2 rings (SSSR count). The average Bonchev–Trinajstić information content (AvgIpc) is 2.79. The maximum Gasteiger partial charge on any atom is 0.0663 e. The van der Waals surface area contributed by atoms with Crippen LogP contribution < -0.4 is 5.32 Å². The predicted molar refractivity (Wildman–Crippen MR) is 69.8 cm³/mol. The minimum absolute atomic E-state index is 0.844. The molecule has 1 N–H and O–H groups in total. The molecule has 3 heteroatoms. The van der Waals surface area contributed by atoms with Gasteiger partial charge in [-0.15, -0.1) is 0 Å². The normalized spacial score (nSPS) is 10.6. The molecule has 0 spiro atoms. The lowest BCUT2D eigenvalue weighted by atomic mass is 10.2. The minimum Gasteiger partial charge on any atom is -0.311 e. The number of nitrogens with one attached hydrogen (secondary N) is 1. The molecule has 90 valence electrons. The summed E-state index contributed by atoms with van der Waals surface area (Å²) in [5.41, 5.74) is 2.52. The monoisotopic (exact) mass is 229 g/mol. The van der Waals surface area contributed by atoms with Gasteiger partial charge < -0.3 is 5.32 Å². The van der Waals surface area contributed by atoms with Gasteiger partial charge in [0.1, 0.15) is 0 Å². The third kappa shape index (κ3) is 3.43. The Hall–Kier alpha value is -1.61. The molecule has 0 saturated heterocycles. The van der Waals surface area contributed by atoms with Crippen LogP contribution in [0.3, 0.4) is 0 Å². The Morgan fingerprint density at radius 3 is 2.76 bits per heavy atom. The van der Waals surface area contributed by atoms with Gasteiger partial charge >= 0.3 is 0 Å². The first-order valence-electron chi connectivity index (χ1n) is 6.15. The fraction of sp³-hybridized carbons (Fsp3) is 0.357. The molecule has 0 fully saturated rings. The van der Waals surface area contributed by atoms with E-state index in [9.17, 15) is 0 Å². The molecule has 1 heterocycles. The van der Waals surface area contributed by atoms with E-state index in [-0.39, 0.29) is 0 Å². The SMILES string of the molecule is CCCNCc1ccnn1Cc1ccccc1. The molecular weight excluding hydrogens is 210 g/mol. The zero-order valence-corrected chi connectivity index (χ0v) is 10.3. The lowest BCUT2D eigenvalue weighted by molar-refractivity contribution is 0.592. The molecule has 0 atom stereocenters. The molecule has 0 aliphatic carbocycles. The molecule has 0 bridgehead atoms. The molecule has 17 heavy (non-hydrogen) atoms. The van der Waals surface area contributed by atoms with Crippen LogP contribution in [0.4, 0.5) is 0 Å². The average molecular weight is 229 g/mol. The summed E-state index contributed by atoms with van der Waals surface area (Å²) in [7, 11) is 0. The van der Waals surface area contributed by atoms with Gasteiger partial charge in [-0.3, -0.25) is 4.68 Å². The van der Waals surface area contributed by atoms with Crippen LogP contribution in [-0.2, 0) is 13.1 Å². The summed E-state index contributed by atoms with van der Waals surface area (Å²) in [4.78, 5) is 0. The van der Waals surface area contributed by atoms with Gasteiger partial charge in [0, 0.05) is 12.7 Å². The van der Waals surface area contributed by atoms with Crippen molar-refractivity contribution in [1.29, 1.82) is 0 Å². The predicted octanol–water partition coefficient (Wildman–Crippen LogP) is 2.43. The summed E-state index contributed by atoms with van der Waals surface area (Å²) >= 11 is 0.